The van der Waals surface area contributed by atoms with E-state index in [2.05, 4.69) is 5.32 Å². The molecule has 2 rings (SSSR count). The van der Waals surface area contributed by atoms with Crippen LogP contribution in [0.3, 0.4) is 0 Å². The van der Waals surface area contributed by atoms with E-state index in [1.54, 1.807) is 0 Å². The normalized spacial score (nSPS) is 12.6. The van der Waals surface area contributed by atoms with Crippen LogP contribution < -0.4 is 11.1 Å². The minimum absolute atomic E-state index is 0.307. The molecule has 2 aromatic carbocycles. The highest BCUT2D eigenvalue weighted by Gasteiger charge is 2.27. The number of unbranched alkanes of at least 4 members (excludes halogenated alkanes) is 1. The molecule has 0 saturated carbocycles. The lowest BCUT2D eigenvalue weighted by molar-refractivity contribution is -0.157. The van der Waals surface area contributed by atoms with Gasteiger partial charge in [0.05, 0.1) is 5.56 Å². The summed E-state index contributed by atoms with van der Waals surface area (Å²) in [4.78, 5) is 37.9. The summed E-state index contributed by atoms with van der Waals surface area (Å²) < 4.78 is 10.8. The molecular formula is C26H34N2O5. The summed E-state index contributed by atoms with van der Waals surface area (Å²) in [6, 6.07) is 14.0. The van der Waals surface area contributed by atoms with Crippen LogP contribution in [0.2, 0.25) is 0 Å². The van der Waals surface area contributed by atoms with Crippen molar-refractivity contribution in [3.05, 3.63) is 70.8 Å². The summed E-state index contributed by atoms with van der Waals surface area (Å²) >= 11 is 0. The first-order chi connectivity index (χ1) is 15.8. The fourth-order valence-corrected chi connectivity index (χ4v) is 3.53. The van der Waals surface area contributed by atoms with Gasteiger partial charge in [-0.1, -0.05) is 48.5 Å². The first-order valence-electron chi connectivity index (χ1n) is 11.2. The molecular weight excluding hydrogens is 420 g/mol. The SMILES string of the molecule is CNCCCCC(OC(=O)C(N)Cc1ccccc1)C(=O)COC(=O)c1c(C)cccc1C. The Labute approximate surface area is 195 Å². The molecule has 0 amide bonds. The monoisotopic (exact) mass is 454 g/mol. The van der Waals surface area contributed by atoms with E-state index in [0.29, 0.717) is 24.8 Å². The van der Waals surface area contributed by atoms with Crippen LogP contribution in [-0.2, 0) is 25.5 Å². The second kappa shape index (κ2) is 13.5. The molecule has 3 N–H and O–H groups in total. The Morgan fingerprint density at radius 1 is 0.970 bits per heavy atom. The van der Waals surface area contributed by atoms with Crippen LogP contribution in [0, 0.1) is 13.8 Å². The summed E-state index contributed by atoms with van der Waals surface area (Å²) in [5.41, 5.74) is 8.92. The average Bonchev–Trinajstić information content (AvgIpc) is 2.79. The molecule has 0 bridgehead atoms. The number of aryl methyl sites for hydroxylation is 2. The fraction of sp³-hybridized carbons (Fsp3) is 0.423. The summed E-state index contributed by atoms with van der Waals surface area (Å²) in [5.74, 6) is -1.67. The molecule has 2 aromatic rings. The van der Waals surface area contributed by atoms with Gasteiger partial charge < -0.3 is 20.5 Å². The third kappa shape index (κ3) is 8.44. The van der Waals surface area contributed by atoms with Crippen molar-refractivity contribution < 1.29 is 23.9 Å². The third-order valence-electron chi connectivity index (χ3n) is 5.39. The van der Waals surface area contributed by atoms with Crippen LogP contribution in [-0.4, -0.2) is 50.1 Å². The van der Waals surface area contributed by atoms with Crippen molar-refractivity contribution in [2.75, 3.05) is 20.2 Å². The van der Waals surface area contributed by atoms with Crippen LogP contribution in [0.25, 0.3) is 0 Å². The molecule has 0 spiro atoms. The van der Waals surface area contributed by atoms with Crippen molar-refractivity contribution in [2.45, 2.75) is 51.7 Å². The fourth-order valence-electron chi connectivity index (χ4n) is 3.53. The predicted molar refractivity (Wildman–Crippen MR) is 127 cm³/mol. The molecule has 7 heteroatoms. The number of nitrogens with one attached hydrogen (secondary N) is 1. The highest BCUT2D eigenvalue weighted by molar-refractivity contribution is 5.95. The Morgan fingerprint density at radius 3 is 2.27 bits per heavy atom. The molecule has 0 aliphatic rings. The zero-order valence-electron chi connectivity index (χ0n) is 19.6. The topological polar surface area (TPSA) is 108 Å². The largest absolute Gasteiger partial charge is 0.454 e. The van der Waals surface area contributed by atoms with Crippen LogP contribution >= 0.6 is 0 Å². The maximum Gasteiger partial charge on any atom is 0.339 e. The van der Waals surface area contributed by atoms with Crippen molar-refractivity contribution in [1.82, 2.24) is 5.32 Å². The quantitative estimate of drug-likeness (QED) is 0.354. The lowest BCUT2D eigenvalue weighted by atomic mass is 10.0. The Kier molecular flexibility index (Phi) is 10.7. The minimum Gasteiger partial charge on any atom is -0.454 e. The summed E-state index contributed by atoms with van der Waals surface area (Å²) in [5, 5.41) is 3.04. The molecule has 33 heavy (non-hydrogen) atoms. The maximum atomic E-state index is 12.8. The van der Waals surface area contributed by atoms with Crippen molar-refractivity contribution in [2.24, 2.45) is 5.73 Å². The number of ether oxygens (including phenoxy) is 2. The molecule has 0 fully saturated rings. The van der Waals surface area contributed by atoms with Crippen LogP contribution in [0.4, 0.5) is 0 Å². The Morgan fingerprint density at radius 2 is 1.64 bits per heavy atom. The van der Waals surface area contributed by atoms with Gasteiger partial charge in [0.1, 0.15) is 6.04 Å². The zero-order valence-corrected chi connectivity index (χ0v) is 19.6. The van der Waals surface area contributed by atoms with Gasteiger partial charge in [0, 0.05) is 0 Å². The second-order valence-electron chi connectivity index (χ2n) is 8.13. The summed E-state index contributed by atoms with van der Waals surface area (Å²) in [7, 11) is 1.85. The molecule has 7 nitrogen and oxygen atoms in total. The Hall–Kier alpha value is -3.03. The van der Waals surface area contributed by atoms with Crippen LogP contribution in [0.1, 0.15) is 46.3 Å². The van der Waals surface area contributed by atoms with Gasteiger partial charge in [0.2, 0.25) is 5.78 Å². The highest BCUT2D eigenvalue weighted by atomic mass is 16.6. The number of esters is 2. The van der Waals surface area contributed by atoms with E-state index in [0.717, 1.165) is 29.7 Å². The van der Waals surface area contributed by atoms with Gasteiger partial charge in [-0.05, 0) is 69.8 Å². The molecule has 0 radical (unpaired) electrons. The number of hydrogen-bond donors (Lipinski definition) is 2. The third-order valence-corrected chi connectivity index (χ3v) is 5.39. The van der Waals surface area contributed by atoms with Gasteiger partial charge in [-0.25, -0.2) is 4.79 Å². The first-order valence-corrected chi connectivity index (χ1v) is 11.2. The summed E-state index contributed by atoms with van der Waals surface area (Å²) in [6.07, 6.45) is 1.12. The molecule has 0 aromatic heterocycles. The lowest BCUT2D eigenvalue weighted by Crippen LogP contribution is -2.40. The van der Waals surface area contributed by atoms with Crippen LogP contribution in [0.15, 0.2) is 48.5 Å². The van der Waals surface area contributed by atoms with Crippen molar-refractivity contribution in [1.29, 1.82) is 0 Å². The number of hydrogen-bond acceptors (Lipinski definition) is 7. The van der Waals surface area contributed by atoms with Gasteiger partial charge >= 0.3 is 11.9 Å². The zero-order chi connectivity index (χ0) is 24.2. The molecule has 0 heterocycles. The number of nitrogens with two attached hydrogens (primary N) is 1. The minimum atomic E-state index is -1.01. The molecule has 2 unspecified atom stereocenters. The Balaban J connectivity index is 1.99. The van der Waals surface area contributed by atoms with Gasteiger partial charge in [-0.2, -0.15) is 0 Å². The smallest absolute Gasteiger partial charge is 0.339 e. The lowest BCUT2D eigenvalue weighted by Gasteiger charge is -2.20. The average molecular weight is 455 g/mol. The number of benzene rings is 2. The van der Waals surface area contributed by atoms with Crippen molar-refractivity contribution >= 4 is 17.7 Å². The molecule has 0 aliphatic carbocycles. The number of carbonyl (C=O) groups is 3. The van der Waals surface area contributed by atoms with E-state index in [-0.39, 0.29) is 0 Å². The van der Waals surface area contributed by atoms with E-state index >= 15 is 0 Å². The number of rotatable bonds is 13. The van der Waals surface area contributed by atoms with Gasteiger partial charge in [-0.3, -0.25) is 9.59 Å². The van der Waals surface area contributed by atoms with Gasteiger partial charge in [-0.15, -0.1) is 0 Å². The number of carbonyl (C=O) groups excluding carboxylic acids is 3. The van der Waals surface area contributed by atoms with E-state index in [4.69, 9.17) is 15.2 Å². The highest BCUT2D eigenvalue weighted by Crippen LogP contribution is 2.15. The van der Waals surface area contributed by atoms with Gasteiger partial charge in [0.25, 0.3) is 0 Å². The second-order valence-corrected chi connectivity index (χ2v) is 8.13. The molecule has 0 saturated heterocycles. The number of ketones is 1. The molecule has 178 valence electrons. The molecule has 2 atom stereocenters. The standard InChI is InChI=1S/C26H34N2O5/c1-18-10-9-11-19(2)24(18)26(31)32-17-22(29)23(14-7-8-15-28-3)33-25(30)21(27)16-20-12-5-4-6-13-20/h4-6,9-13,21,23,28H,7-8,14-17,27H2,1-3H3. The first kappa shape index (κ1) is 26.2. The van der Waals surface area contributed by atoms with Crippen molar-refractivity contribution in [3.8, 4) is 0 Å². The number of Topliss-reactive ketones (excluding diaryl/α,β-unsaturated/α-hetero) is 1. The van der Waals surface area contributed by atoms with E-state index in [9.17, 15) is 14.4 Å². The van der Waals surface area contributed by atoms with Gasteiger partial charge in [0.15, 0.2) is 12.7 Å². The maximum absolute atomic E-state index is 12.8. The van der Waals surface area contributed by atoms with E-state index in [1.165, 1.54) is 0 Å². The van der Waals surface area contributed by atoms with Crippen LogP contribution in [0.5, 0.6) is 0 Å². The predicted octanol–water partition coefficient (Wildman–Crippen LogP) is 2.90. The Bertz CT molecular complexity index is 909. The van der Waals surface area contributed by atoms with E-state index in [1.807, 2.05) is 69.4 Å². The molecule has 0 aliphatic heterocycles. The van der Waals surface area contributed by atoms with E-state index < -0.39 is 36.5 Å². The summed E-state index contributed by atoms with van der Waals surface area (Å²) in [6.45, 7) is 3.94. The van der Waals surface area contributed by atoms with Crippen molar-refractivity contribution in [3.63, 3.8) is 0 Å².